The van der Waals surface area contributed by atoms with Gasteiger partial charge in [-0.25, -0.2) is 4.79 Å². The second-order valence-electron chi connectivity index (χ2n) is 5.08. The van der Waals surface area contributed by atoms with Crippen LogP contribution < -0.4 is 10.6 Å². The fourth-order valence-corrected chi connectivity index (χ4v) is 2.13. The molecule has 0 saturated carbocycles. The van der Waals surface area contributed by atoms with Crippen LogP contribution in [0.15, 0.2) is 42.7 Å². The summed E-state index contributed by atoms with van der Waals surface area (Å²) < 4.78 is 1.82. The lowest BCUT2D eigenvalue weighted by Gasteiger charge is -2.11. The highest BCUT2D eigenvalue weighted by Gasteiger charge is 2.05. The van der Waals surface area contributed by atoms with Crippen LogP contribution in [-0.4, -0.2) is 33.4 Å². The second kappa shape index (κ2) is 8.57. The monoisotopic (exact) mass is 316 g/mol. The molecule has 1 aromatic heterocycles. The van der Waals surface area contributed by atoms with Gasteiger partial charge in [0.2, 0.25) is 0 Å². The summed E-state index contributed by atoms with van der Waals surface area (Å²) >= 11 is 0. The predicted octanol–water partition coefficient (Wildman–Crippen LogP) is 1.60. The third kappa shape index (κ3) is 5.82. The molecule has 2 rings (SSSR count). The largest absolute Gasteiger partial charge is 0.481 e. The molecule has 0 fully saturated rings. The van der Waals surface area contributed by atoms with Crippen LogP contribution in [0.25, 0.3) is 0 Å². The summed E-state index contributed by atoms with van der Waals surface area (Å²) in [5, 5.41) is 18.1. The van der Waals surface area contributed by atoms with E-state index < -0.39 is 5.97 Å². The number of benzene rings is 1. The Hall–Kier alpha value is -2.83. The predicted molar refractivity (Wildman–Crippen MR) is 84.9 cm³/mol. The average Bonchev–Trinajstić information content (AvgIpc) is 3.03. The van der Waals surface area contributed by atoms with Crippen molar-refractivity contribution in [3.8, 4) is 0 Å². The molecule has 122 valence electrons. The minimum atomic E-state index is -0.861. The van der Waals surface area contributed by atoms with Gasteiger partial charge in [0.15, 0.2) is 0 Å². The third-order valence-electron chi connectivity index (χ3n) is 3.30. The van der Waals surface area contributed by atoms with Crippen LogP contribution in [0, 0.1) is 0 Å². The maximum atomic E-state index is 11.7. The number of aliphatic carboxylic acids is 1. The Morgan fingerprint density at radius 2 is 1.91 bits per heavy atom. The van der Waals surface area contributed by atoms with Crippen molar-refractivity contribution < 1.29 is 14.7 Å². The van der Waals surface area contributed by atoms with Gasteiger partial charge in [-0.15, -0.1) is 0 Å². The molecule has 1 aromatic carbocycles. The lowest BCUT2D eigenvalue weighted by molar-refractivity contribution is -0.137. The smallest absolute Gasteiger partial charge is 0.315 e. The number of hydrogen-bond acceptors (Lipinski definition) is 3. The first-order chi connectivity index (χ1) is 11.1. The van der Waals surface area contributed by atoms with E-state index in [1.165, 1.54) is 0 Å². The Morgan fingerprint density at radius 3 is 2.61 bits per heavy atom. The standard InChI is InChI=1S/C16H20N4O3/c21-15(22)7-3-8-17-16(23)18-11-13-5-1-2-6-14(13)12-20-10-4-9-19-20/h1-2,4-6,9-10H,3,7-8,11-12H2,(H,21,22)(H2,17,18,23). The quantitative estimate of drug-likeness (QED) is 0.644. The number of carbonyl (C=O) groups is 2. The van der Waals surface area contributed by atoms with Crippen LogP contribution >= 0.6 is 0 Å². The van der Waals surface area contributed by atoms with E-state index in [-0.39, 0.29) is 12.5 Å². The van der Waals surface area contributed by atoms with Crippen LogP contribution in [0.2, 0.25) is 0 Å². The summed E-state index contributed by atoms with van der Waals surface area (Å²) in [6.07, 6.45) is 4.08. The molecule has 3 N–H and O–H groups in total. The van der Waals surface area contributed by atoms with E-state index in [0.717, 1.165) is 11.1 Å². The fourth-order valence-electron chi connectivity index (χ4n) is 2.13. The molecule has 23 heavy (non-hydrogen) atoms. The Labute approximate surface area is 134 Å². The van der Waals surface area contributed by atoms with Gasteiger partial charge in [0.25, 0.3) is 0 Å². The Bertz CT molecular complexity index is 641. The fraction of sp³-hybridized carbons (Fsp3) is 0.312. The number of carboxylic acids is 1. The number of carbonyl (C=O) groups excluding carboxylic acids is 1. The summed E-state index contributed by atoms with van der Waals surface area (Å²) in [7, 11) is 0. The number of aromatic nitrogens is 2. The van der Waals surface area contributed by atoms with Crippen molar-refractivity contribution in [1.82, 2.24) is 20.4 Å². The van der Waals surface area contributed by atoms with E-state index in [4.69, 9.17) is 5.11 Å². The van der Waals surface area contributed by atoms with Gasteiger partial charge in [0.05, 0.1) is 6.54 Å². The molecule has 2 aromatic rings. The molecular formula is C16H20N4O3. The van der Waals surface area contributed by atoms with Gasteiger partial charge in [-0.1, -0.05) is 24.3 Å². The van der Waals surface area contributed by atoms with Crippen LogP contribution in [0.1, 0.15) is 24.0 Å². The van der Waals surface area contributed by atoms with Crippen molar-refractivity contribution in [2.75, 3.05) is 6.54 Å². The number of amides is 2. The van der Waals surface area contributed by atoms with E-state index in [0.29, 0.717) is 26.1 Å². The van der Waals surface area contributed by atoms with Crippen LogP contribution in [0.4, 0.5) is 4.79 Å². The molecule has 0 aliphatic carbocycles. The molecule has 0 atom stereocenters. The minimum absolute atomic E-state index is 0.0486. The Morgan fingerprint density at radius 1 is 1.13 bits per heavy atom. The average molecular weight is 316 g/mol. The Balaban J connectivity index is 1.81. The third-order valence-corrected chi connectivity index (χ3v) is 3.30. The summed E-state index contributed by atoms with van der Waals surface area (Å²) in [6.45, 7) is 1.39. The minimum Gasteiger partial charge on any atom is -0.481 e. The van der Waals surface area contributed by atoms with Crippen LogP contribution in [-0.2, 0) is 17.9 Å². The van der Waals surface area contributed by atoms with Crippen molar-refractivity contribution in [1.29, 1.82) is 0 Å². The first kappa shape index (κ1) is 16.5. The molecule has 7 nitrogen and oxygen atoms in total. The highest BCUT2D eigenvalue weighted by Crippen LogP contribution is 2.10. The van der Waals surface area contributed by atoms with Gasteiger partial charge in [-0.05, 0) is 23.6 Å². The summed E-state index contributed by atoms with van der Waals surface area (Å²) in [4.78, 5) is 22.1. The molecule has 0 aliphatic heterocycles. The summed E-state index contributed by atoms with van der Waals surface area (Å²) in [6, 6.07) is 9.41. The van der Waals surface area contributed by atoms with Gasteiger partial charge < -0.3 is 15.7 Å². The van der Waals surface area contributed by atoms with E-state index in [1.807, 2.05) is 41.2 Å². The first-order valence-electron chi connectivity index (χ1n) is 7.43. The number of rotatable bonds is 8. The van der Waals surface area contributed by atoms with E-state index in [9.17, 15) is 9.59 Å². The lowest BCUT2D eigenvalue weighted by Crippen LogP contribution is -2.35. The number of hydrogen-bond donors (Lipinski definition) is 3. The van der Waals surface area contributed by atoms with E-state index in [2.05, 4.69) is 15.7 Å². The van der Waals surface area contributed by atoms with Gasteiger partial charge in [0, 0.05) is 31.9 Å². The topological polar surface area (TPSA) is 96.3 Å². The SMILES string of the molecule is O=C(O)CCCNC(=O)NCc1ccccc1Cn1cccn1. The highest BCUT2D eigenvalue weighted by molar-refractivity contribution is 5.74. The molecule has 0 unspecified atom stereocenters. The highest BCUT2D eigenvalue weighted by atomic mass is 16.4. The number of nitrogens with one attached hydrogen (secondary N) is 2. The maximum absolute atomic E-state index is 11.7. The van der Waals surface area contributed by atoms with Crippen molar-refractivity contribution in [2.45, 2.75) is 25.9 Å². The van der Waals surface area contributed by atoms with Crippen LogP contribution in [0.5, 0.6) is 0 Å². The van der Waals surface area contributed by atoms with Gasteiger partial charge >= 0.3 is 12.0 Å². The van der Waals surface area contributed by atoms with Gasteiger partial charge in [0.1, 0.15) is 0 Å². The van der Waals surface area contributed by atoms with E-state index >= 15 is 0 Å². The first-order valence-corrected chi connectivity index (χ1v) is 7.43. The normalized spacial score (nSPS) is 10.3. The van der Waals surface area contributed by atoms with Crippen molar-refractivity contribution in [3.63, 3.8) is 0 Å². The lowest BCUT2D eigenvalue weighted by atomic mass is 10.1. The van der Waals surface area contributed by atoms with Gasteiger partial charge in [-0.3, -0.25) is 9.48 Å². The van der Waals surface area contributed by atoms with Crippen molar-refractivity contribution in [2.24, 2.45) is 0 Å². The molecule has 0 bridgehead atoms. The summed E-state index contributed by atoms with van der Waals surface area (Å²) in [5.74, 6) is -0.861. The Kier molecular flexibility index (Phi) is 6.17. The molecule has 0 spiro atoms. The number of carboxylic acid groups (broad SMARTS) is 1. The molecule has 7 heteroatoms. The molecule has 0 saturated heterocycles. The van der Waals surface area contributed by atoms with Crippen LogP contribution in [0.3, 0.4) is 0 Å². The van der Waals surface area contributed by atoms with Crippen molar-refractivity contribution in [3.05, 3.63) is 53.9 Å². The zero-order valence-corrected chi connectivity index (χ0v) is 12.7. The molecule has 1 heterocycles. The number of urea groups is 1. The second-order valence-corrected chi connectivity index (χ2v) is 5.08. The molecule has 0 radical (unpaired) electrons. The maximum Gasteiger partial charge on any atom is 0.315 e. The van der Waals surface area contributed by atoms with Crippen molar-refractivity contribution >= 4 is 12.0 Å². The molecular weight excluding hydrogens is 296 g/mol. The number of nitrogens with zero attached hydrogens (tertiary/aromatic N) is 2. The van der Waals surface area contributed by atoms with Gasteiger partial charge in [-0.2, -0.15) is 5.10 Å². The van der Waals surface area contributed by atoms with E-state index in [1.54, 1.807) is 6.20 Å². The zero-order chi connectivity index (χ0) is 16.5. The summed E-state index contributed by atoms with van der Waals surface area (Å²) in [5.41, 5.74) is 2.10. The molecule has 2 amide bonds. The molecule has 0 aliphatic rings. The zero-order valence-electron chi connectivity index (χ0n) is 12.7.